The molecule has 6 atom stereocenters. The molecule has 0 aliphatic heterocycles. The number of aromatic hydroxyl groups is 1. The zero-order chi connectivity index (χ0) is 85.5. The zero-order valence-electron chi connectivity index (χ0n) is 67.9. The molecule has 15 N–H and O–H groups in total. The summed E-state index contributed by atoms with van der Waals surface area (Å²) in [6, 6.07) is 13.8. The summed E-state index contributed by atoms with van der Waals surface area (Å²) < 4.78 is 21.7. The fourth-order valence-corrected chi connectivity index (χ4v) is 12.8. The first-order valence-corrected chi connectivity index (χ1v) is 40.7. The van der Waals surface area contributed by atoms with Crippen LogP contribution in [0.5, 0.6) is 5.75 Å². The van der Waals surface area contributed by atoms with E-state index in [-0.39, 0.29) is 142 Å². The van der Waals surface area contributed by atoms with Gasteiger partial charge in [-0.05, 0) is 79.8 Å². The van der Waals surface area contributed by atoms with Crippen molar-refractivity contribution in [2.45, 2.75) is 223 Å². The minimum atomic E-state index is -1.66. The Morgan fingerprint density at radius 2 is 0.966 bits per heavy atom. The van der Waals surface area contributed by atoms with Crippen molar-refractivity contribution in [1.82, 2.24) is 57.3 Å². The summed E-state index contributed by atoms with van der Waals surface area (Å²) in [7, 11) is 2.51. The molecule has 4 aromatic rings. The molecule has 0 aliphatic rings. The van der Waals surface area contributed by atoms with Gasteiger partial charge in [-0.3, -0.25) is 62.3 Å². The van der Waals surface area contributed by atoms with Gasteiger partial charge in [0.15, 0.2) is 0 Å². The number of primary amides is 1. The van der Waals surface area contributed by atoms with E-state index >= 15 is 0 Å². The number of carboxylic acid groups (broad SMARTS) is 3. The van der Waals surface area contributed by atoms with Crippen molar-refractivity contribution in [3.05, 3.63) is 102 Å². The number of phenolic OH excluding ortho intramolecular Hbond substituents is 1. The van der Waals surface area contributed by atoms with Crippen molar-refractivity contribution in [2.24, 2.45) is 5.73 Å². The van der Waals surface area contributed by atoms with Crippen molar-refractivity contribution in [2.75, 3.05) is 93.1 Å². The fraction of sp³-hybridized carbons (Fsp3) is 0.590. The van der Waals surface area contributed by atoms with Crippen molar-refractivity contribution in [3.8, 4) is 5.75 Å². The molecule has 0 saturated heterocycles. The van der Waals surface area contributed by atoms with Gasteiger partial charge in [-0.2, -0.15) is 0 Å². The summed E-state index contributed by atoms with van der Waals surface area (Å²) in [5.74, 6) is -10.6. The number of nitrogens with two attached hydrogens (primary N) is 1. The number of carboxylic acids is 3. The lowest BCUT2D eigenvalue weighted by molar-refractivity contribution is -0.152. The Labute approximate surface area is 684 Å². The van der Waals surface area contributed by atoms with Crippen LogP contribution in [0.15, 0.2) is 85.1 Å². The number of H-pyrrole nitrogens is 1. The highest BCUT2D eigenvalue weighted by Gasteiger charge is 2.39. The van der Waals surface area contributed by atoms with E-state index in [1.54, 1.807) is 54.7 Å². The first-order valence-electron chi connectivity index (χ1n) is 40.7. The second kappa shape index (κ2) is 58.3. The number of unbranched alkanes of at least 4 members (excludes halogenated alkanes) is 15. The molecule has 11 amide bonds. The van der Waals surface area contributed by atoms with Gasteiger partial charge in [-0.1, -0.05) is 157 Å². The van der Waals surface area contributed by atoms with Gasteiger partial charge in [0.05, 0.1) is 59.0 Å². The summed E-state index contributed by atoms with van der Waals surface area (Å²) in [6.07, 6.45) is 17.1. The van der Waals surface area contributed by atoms with E-state index in [1.807, 2.05) is 13.0 Å². The predicted octanol–water partition coefficient (Wildman–Crippen LogP) is 4.54. The van der Waals surface area contributed by atoms with Gasteiger partial charge in [0.2, 0.25) is 65.0 Å². The van der Waals surface area contributed by atoms with Gasteiger partial charge in [0, 0.05) is 82.9 Å². The number of hydrogen-bond acceptors (Lipinski definition) is 19. The largest absolute Gasteiger partial charge is 0.508 e. The second-order valence-corrected chi connectivity index (χ2v) is 28.9. The van der Waals surface area contributed by atoms with E-state index in [0.29, 0.717) is 48.8 Å². The van der Waals surface area contributed by atoms with E-state index in [0.717, 1.165) is 72.1 Å². The molecule has 3 aromatic carbocycles. The van der Waals surface area contributed by atoms with Crippen LogP contribution in [0, 0.1) is 0 Å². The maximum absolute atomic E-state index is 14.6. The standard InChI is InChI=1S/C83H124N12O22/c1-4-5-30-65(81(110)95(3)69(53-77(105)106)82(111)94(2)68(78(84)107)50-58-27-19-18-20-28-58)93-80(109)67(52-60-54-88-63-31-24-23-29-62(60)63)92-73(100)55-89-79(108)64(90-72(99)51-59-35-37-61(96)38-36-59)32-25-26-41-85-74(101)56-116-48-47-115-45-43-87-75(102)57-117-49-46-114-44-42-86-70(97)40-39-66(83(112)113)91-71(98)33-21-16-14-12-10-8-6-7-9-11-13-15-17-22-34-76(103)104/h18-20,23-24,27-29,31,35-38,54,64-69,88,96H,4-17,21-22,25-26,30,32-34,39-53,55-57H2,1-3H3,(H2,84,107)(H,85,101)(H,86,97)(H,87,102)(H,89,108)(H,90,99)(H,91,98)(H,92,100)(H,93,109)(H,103,104)(H,105,106)(H,112,113)/t64-,65-,66-,67-,68-,69+/m0/s1. The van der Waals surface area contributed by atoms with Crippen molar-refractivity contribution in [1.29, 1.82) is 0 Å². The summed E-state index contributed by atoms with van der Waals surface area (Å²) in [5.41, 5.74) is 8.28. The summed E-state index contributed by atoms with van der Waals surface area (Å²) in [6.45, 7) is 1.76. The van der Waals surface area contributed by atoms with E-state index in [1.165, 1.54) is 70.5 Å². The molecular weight excluding hydrogens is 1520 g/mol. The molecule has 0 radical (unpaired) electrons. The Bertz CT molecular complexity index is 3710. The molecule has 0 aliphatic carbocycles. The molecule has 648 valence electrons. The van der Waals surface area contributed by atoms with Gasteiger partial charge < -0.3 is 102 Å². The highest BCUT2D eigenvalue weighted by molar-refractivity contribution is 5.98. The number of rotatable bonds is 66. The number of para-hydroxylation sites is 1. The van der Waals surface area contributed by atoms with E-state index in [2.05, 4.69) is 47.5 Å². The molecule has 0 unspecified atom stereocenters. The van der Waals surface area contributed by atoms with E-state index in [4.69, 9.17) is 29.8 Å². The number of benzene rings is 3. The lowest BCUT2D eigenvalue weighted by Crippen LogP contribution is -2.59. The van der Waals surface area contributed by atoms with Crippen LogP contribution >= 0.6 is 0 Å². The number of likely N-dealkylation sites (N-methyl/N-ethyl adjacent to an activating group) is 2. The Kier molecular flexibility index (Phi) is 49.2. The summed E-state index contributed by atoms with van der Waals surface area (Å²) in [5, 5.41) is 60.1. The molecule has 0 spiro atoms. The van der Waals surface area contributed by atoms with Gasteiger partial charge in [0.1, 0.15) is 55.2 Å². The number of aromatic nitrogens is 1. The fourth-order valence-electron chi connectivity index (χ4n) is 12.8. The van der Waals surface area contributed by atoms with E-state index in [9.17, 15) is 82.4 Å². The van der Waals surface area contributed by atoms with Crippen LogP contribution in [0.1, 0.15) is 184 Å². The number of carbonyl (C=O) groups excluding carboxylic acids is 11. The van der Waals surface area contributed by atoms with Crippen LogP contribution in [0.25, 0.3) is 10.9 Å². The number of amides is 11. The lowest BCUT2D eigenvalue weighted by atomic mass is 10.0. The first-order chi connectivity index (χ1) is 56.3. The van der Waals surface area contributed by atoms with Gasteiger partial charge in [-0.15, -0.1) is 0 Å². The maximum atomic E-state index is 14.6. The smallest absolute Gasteiger partial charge is 0.326 e. The highest BCUT2D eigenvalue weighted by atomic mass is 16.5. The average molecular weight is 1640 g/mol. The number of aliphatic carboxylic acids is 3. The number of nitrogens with zero attached hydrogens (tertiary/aromatic N) is 2. The van der Waals surface area contributed by atoms with E-state index < -0.39 is 126 Å². The zero-order valence-corrected chi connectivity index (χ0v) is 67.9. The molecule has 1 heterocycles. The van der Waals surface area contributed by atoms with Crippen molar-refractivity contribution < 1.29 is 106 Å². The Morgan fingerprint density at radius 3 is 1.55 bits per heavy atom. The number of phenols is 1. The highest BCUT2D eigenvalue weighted by Crippen LogP contribution is 2.22. The summed E-state index contributed by atoms with van der Waals surface area (Å²) in [4.78, 5) is 187. The Hall–Kier alpha value is -10.6. The SMILES string of the molecule is CCCC[C@H](NC(=O)[C@H](Cc1c[nH]c2ccccc12)NC(=O)CNC(=O)[C@H](CCCCNC(=O)COCCOCCNC(=O)COCCOCCNC(=O)CC[C@H](NC(=O)CCCCCCCCCCCCCCCCC(=O)O)C(=O)O)NC(=O)Cc1ccc(O)cc1)C(=O)N(C)[C@H](CC(=O)O)C(=O)N(C)[C@@H](Cc1ccccc1)C(N)=O. The third-order valence-electron chi connectivity index (χ3n) is 19.4. The van der Waals surface area contributed by atoms with Gasteiger partial charge >= 0.3 is 17.9 Å². The van der Waals surface area contributed by atoms with Crippen LogP contribution in [0.2, 0.25) is 0 Å². The first kappa shape index (κ1) is 98.8. The maximum Gasteiger partial charge on any atom is 0.326 e. The quantitative estimate of drug-likeness (QED) is 0.0270. The minimum absolute atomic E-state index is 0.00206. The molecule has 34 heteroatoms. The van der Waals surface area contributed by atoms with Gasteiger partial charge in [0.25, 0.3) is 0 Å². The second-order valence-electron chi connectivity index (χ2n) is 28.9. The van der Waals surface area contributed by atoms with Crippen LogP contribution in [0.4, 0.5) is 0 Å². The predicted molar refractivity (Wildman–Crippen MR) is 433 cm³/mol. The molecular formula is C83H124N12O22. The molecule has 4 rings (SSSR count). The van der Waals surface area contributed by atoms with Crippen LogP contribution in [-0.2, 0) is 105 Å². The molecule has 34 nitrogen and oxygen atoms in total. The van der Waals surface area contributed by atoms with Crippen LogP contribution in [-0.4, -0.2) is 247 Å². The third-order valence-corrected chi connectivity index (χ3v) is 19.4. The average Bonchev–Trinajstić information content (AvgIpc) is 1.80. The molecule has 0 saturated carbocycles. The Balaban J connectivity index is 1.13. The number of hydrogen-bond donors (Lipinski definition) is 14. The number of aromatic amines is 1. The normalized spacial score (nSPS) is 12.6. The molecule has 0 fully saturated rings. The van der Waals surface area contributed by atoms with Crippen LogP contribution in [0.3, 0.4) is 0 Å². The number of nitrogens with one attached hydrogen (secondary N) is 9. The topological polar surface area (TPSA) is 501 Å². The van der Waals surface area contributed by atoms with Crippen LogP contribution < -0.4 is 48.3 Å². The minimum Gasteiger partial charge on any atom is -0.508 e. The molecule has 117 heavy (non-hydrogen) atoms. The third kappa shape index (κ3) is 42.7. The van der Waals surface area contributed by atoms with Crippen molar-refractivity contribution in [3.63, 3.8) is 0 Å². The number of fused-ring (bicyclic) bond motifs is 1. The monoisotopic (exact) mass is 1640 g/mol. The molecule has 0 bridgehead atoms. The lowest BCUT2D eigenvalue weighted by Gasteiger charge is -2.35. The van der Waals surface area contributed by atoms with Gasteiger partial charge in [-0.25, -0.2) is 4.79 Å². The number of ether oxygens (including phenoxy) is 4. The Morgan fingerprint density at radius 1 is 0.436 bits per heavy atom. The summed E-state index contributed by atoms with van der Waals surface area (Å²) >= 11 is 0. The number of carbonyl (C=O) groups is 14. The van der Waals surface area contributed by atoms with Crippen molar-refractivity contribution >= 4 is 93.8 Å². The molecule has 1 aromatic heterocycles.